The van der Waals surface area contributed by atoms with Gasteiger partial charge in [0.2, 0.25) is 0 Å². The number of hydrogen-bond acceptors (Lipinski definition) is 4. The fraction of sp³-hybridized carbons (Fsp3) is 0.263. The van der Waals surface area contributed by atoms with Crippen molar-refractivity contribution in [3.05, 3.63) is 69.8 Å². The average Bonchev–Trinajstić information content (AvgIpc) is 3.20. The summed E-state index contributed by atoms with van der Waals surface area (Å²) >= 11 is 3.43. The molecule has 1 unspecified atom stereocenters. The quantitative estimate of drug-likeness (QED) is 0.653. The highest BCUT2D eigenvalue weighted by Gasteiger charge is 2.18. The number of hydrogen-bond donors (Lipinski definition) is 1. The van der Waals surface area contributed by atoms with Gasteiger partial charge in [0.25, 0.3) is 5.91 Å². The summed E-state index contributed by atoms with van der Waals surface area (Å²) in [6, 6.07) is 10.8. The number of carbonyl (C=O) groups is 1. The summed E-state index contributed by atoms with van der Waals surface area (Å²) in [6.45, 7) is 4.08. The molecule has 0 aliphatic carbocycles. The highest BCUT2D eigenvalue weighted by Crippen LogP contribution is 2.25. The predicted octanol–water partition coefficient (Wildman–Crippen LogP) is 4.15. The van der Waals surface area contributed by atoms with Crippen molar-refractivity contribution in [3.8, 4) is 5.75 Å². The molecule has 0 saturated carbocycles. The molecule has 7 heteroatoms. The number of aryl methyl sites for hydroxylation is 2. The predicted molar refractivity (Wildman–Crippen MR) is 101 cm³/mol. The minimum Gasteiger partial charge on any atom is -0.484 e. The Morgan fingerprint density at radius 1 is 1.35 bits per heavy atom. The molecule has 3 aromatic rings. The van der Waals surface area contributed by atoms with E-state index < -0.39 is 0 Å². The Morgan fingerprint density at radius 3 is 2.81 bits per heavy atom. The lowest BCUT2D eigenvalue weighted by atomic mass is 10.1. The van der Waals surface area contributed by atoms with Gasteiger partial charge in [0.15, 0.2) is 5.76 Å². The molecule has 0 aliphatic heterocycles. The van der Waals surface area contributed by atoms with Crippen molar-refractivity contribution in [2.24, 2.45) is 7.05 Å². The van der Waals surface area contributed by atoms with Gasteiger partial charge in [0.05, 0.1) is 16.2 Å². The van der Waals surface area contributed by atoms with Crippen LogP contribution in [0.3, 0.4) is 0 Å². The SMILES string of the molecule is Cc1nn(C)cc1C(C)NC(=O)c1ccc(COc2ccccc2Br)o1. The lowest BCUT2D eigenvalue weighted by molar-refractivity contribution is 0.0907. The van der Waals surface area contributed by atoms with Gasteiger partial charge >= 0.3 is 0 Å². The van der Waals surface area contributed by atoms with Crippen LogP contribution in [0, 0.1) is 6.92 Å². The first kappa shape index (κ1) is 18.3. The van der Waals surface area contributed by atoms with E-state index in [9.17, 15) is 4.79 Å². The van der Waals surface area contributed by atoms with Crippen LogP contribution in [0.15, 0.2) is 51.5 Å². The van der Waals surface area contributed by atoms with Gasteiger partial charge in [-0.1, -0.05) is 12.1 Å². The van der Waals surface area contributed by atoms with Gasteiger partial charge in [-0.2, -0.15) is 5.10 Å². The van der Waals surface area contributed by atoms with Gasteiger partial charge in [-0.3, -0.25) is 9.48 Å². The molecule has 0 bridgehead atoms. The summed E-state index contributed by atoms with van der Waals surface area (Å²) in [5, 5.41) is 7.23. The minimum absolute atomic E-state index is 0.165. The average molecular weight is 418 g/mol. The first-order chi connectivity index (χ1) is 12.4. The van der Waals surface area contributed by atoms with Crippen LogP contribution in [0.5, 0.6) is 5.75 Å². The van der Waals surface area contributed by atoms with Crippen LogP contribution in [-0.2, 0) is 13.7 Å². The Kier molecular flexibility index (Phi) is 5.46. The smallest absolute Gasteiger partial charge is 0.287 e. The third kappa shape index (κ3) is 4.16. The molecule has 136 valence electrons. The monoisotopic (exact) mass is 417 g/mol. The molecule has 0 fully saturated rings. The number of benzene rings is 1. The van der Waals surface area contributed by atoms with E-state index in [0.717, 1.165) is 21.5 Å². The fourth-order valence-corrected chi connectivity index (χ4v) is 3.08. The highest BCUT2D eigenvalue weighted by atomic mass is 79.9. The Hall–Kier alpha value is -2.54. The van der Waals surface area contributed by atoms with E-state index in [1.807, 2.05) is 51.4 Å². The zero-order valence-electron chi connectivity index (χ0n) is 14.8. The Balaban J connectivity index is 1.61. The lowest BCUT2D eigenvalue weighted by Gasteiger charge is -2.12. The van der Waals surface area contributed by atoms with E-state index in [0.29, 0.717) is 5.76 Å². The van der Waals surface area contributed by atoms with Crippen LogP contribution in [0.4, 0.5) is 0 Å². The number of nitrogens with one attached hydrogen (secondary N) is 1. The van der Waals surface area contributed by atoms with Crippen molar-refractivity contribution in [1.82, 2.24) is 15.1 Å². The highest BCUT2D eigenvalue weighted by molar-refractivity contribution is 9.10. The van der Waals surface area contributed by atoms with Crippen LogP contribution in [0.25, 0.3) is 0 Å². The topological polar surface area (TPSA) is 69.3 Å². The summed E-state index contributed by atoms with van der Waals surface area (Å²) in [6.07, 6.45) is 1.90. The molecule has 26 heavy (non-hydrogen) atoms. The summed E-state index contributed by atoms with van der Waals surface area (Å²) in [4.78, 5) is 12.4. The van der Waals surface area contributed by atoms with Gasteiger partial charge in [-0.15, -0.1) is 0 Å². The zero-order chi connectivity index (χ0) is 18.7. The first-order valence-electron chi connectivity index (χ1n) is 8.21. The van der Waals surface area contributed by atoms with E-state index in [1.54, 1.807) is 16.8 Å². The van der Waals surface area contributed by atoms with E-state index in [-0.39, 0.29) is 24.3 Å². The molecule has 0 saturated heterocycles. The minimum atomic E-state index is -0.270. The molecule has 1 aromatic carbocycles. The maximum Gasteiger partial charge on any atom is 0.287 e. The van der Waals surface area contributed by atoms with Gasteiger partial charge in [0.1, 0.15) is 18.1 Å². The molecule has 6 nitrogen and oxygen atoms in total. The van der Waals surface area contributed by atoms with Crippen molar-refractivity contribution in [2.45, 2.75) is 26.5 Å². The Labute approximate surface area is 160 Å². The van der Waals surface area contributed by atoms with Gasteiger partial charge < -0.3 is 14.5 Å². The summed E-state index contributed by atoms with van der Waals surface area (Å²) < 4.78 is 13.9. The van der Waals surface area contributed by atoms with Crippen LogP contribution in [-0.4, -0.2) is 15.7 Å². The number of nitrogens with zero attached hydrogens (tertiary/aromatic N) is 2. The van der Waals surface area contributed by atoms with Gasteiger partial charge in [-0.05, 0) is 54.0 Å². The number of carbonyl (C=O) groups excluding carboxylic acids is 1. The van der Waals surface area contributed by atoms with Crippen molar-refractivity contribution in [3.63, 3.8) is 0 Å². The molecule has 3 rings (SSSR count). The second-order valence-electron chi connectivity index (χ2n) is 6.02. The third-order valence-electron chi connectivity index (χ3n) is 3.96. The number of ether oxygens (including phenoxy) is 1. The molecule has 1 amide bonds. The van der Waals surface area contributed by atoms with E-state index in [4.69, 9.17) is 9.15 Å². The number of amides is 1. The number of rotatable bonds is 6. The number of aromatic nitrogens is 2. The van der Waals surface area contributed by atoms with Crippen molar-refractivity contribution in [1.29, 1.82) is 0 Å². The fourth-order valence-electron chi connectivity index (χ4n) is 2.68. The number of furan rings is 1. The van der Waals surface area contributed by atoms with Crippen molar-refractivity contribution in [2.75, 3.05) is 0 Å². The van der Waals surface area contributed by atoms with Crippen molar-refractivity contribution >= 4 is 21.8 Å². The van der Waals surface area contributed by atoms with Crippen molar-refractivity contribution < 1.29 is 13.9 Å². The maximum atomic E-state index is 12.4. The van der Waals surface area contributed by atoms with Crippen LogP contribution in [0.1, 0.15) is 40.5 Å². The second kappa shape index (κ2) is 7.78. The first-order valence-corrected chi connectivity index (χ1v) is 9.00. The molecule has 2 aromatic heterocycles. The zero-order valence-corrected chi connectivity index (χ0v) is 16.4. The number of halogens is 1. The van der Waals surface area contributed by atoms with E-state index in [2.05, 4.69) is 26.3 Å². The van der Waals surface area contributed by atoms with Crippen LogP contribution < -0.4 is 10.1 Å². The molecule has 0 spiro atoms. The van der Waals surface area contributed by atoms with Gasteiger partial charge in [0, 0.05) is 18.8 Å². The lowest BCUT2D eigenvalue weighted by Crippen LogP contribution is -2.26. The summed E-state index contributed by atoms with van der Waals surface area (Å²) in [5.74, 6) is 1.28. The normalized spacial score (nSPS) is 12.0. The Morgan fingerprint density at radius 2 is 2.12 bits per heavy atom. The molecule has 0 radical (unpaired) electrons. The Bertz CT molecular complexity index is 916. The second-order valence-corrected chi connectivity index (χ2v) is 6.88. The third-order valence-corrected chi connectivity index (χ3v) is 4.61. The van der Waals surface area contributed by atoms with Crippen LogP contribution in [0.2, 0.25) is 0 Å². The largest absolute Gasteiger partial charge is 0.484 e. The molecule has 1 atom stereocenters. The van der Waals surface area contributed by atoms with Gasteiger partial charge in [-0.25, -0.2) is 0 Å². The standard InChI is InChI=1S/C19H20BrN3O3/c1-12(15-10-23(3)22-13(15)2)21-19(24)18-9-8-14(26-18)11-25-17-7-5-4-6-16(17)20/h4-10,12H,11H2,1-3H3,(H,21,24). The van der Waals surface area contributed by atoms with E-state index in [1.165, 1.54) is 0 Å². The van der Waals surface area contributed by atoms with Crippen LogP contribution >= 0.6 is 15.9 Å². The summed E-state index contributed by atoms with van der Waals surface area (Å²) in [5.41, 5.74) is 1.87. The number of para-hydroxylation sites is 1. The molecular formula is C19H20BrN3O3. The maximum absolute atomic E-state index is 12.4. The summed E-state index contributed by atoms with van der Waals surface area (Å²) in [7, 11) is 1.86. The molecule has 2 heterocycles. The van der Waals surface area contributed by atoms with E-state index >= 15 is 0 Å². The molecule has 1 N–H and O–H groups in total. The molecule has 0 aliphatic rings. The molecular weight excluding hydrogens is 398 g/mol.